The predicted molar refractivity (Wildman–Crippen MR) is 55.3 cm³/mol. The van der Waals surface area contributed by atoms with E-state index in [0.717, 1.165) is 23.7 Å². The Kier molecular flexibility index (Phi) is 2.32. The molecule has 0 fully saturated rings. The summed E-state index contributed by atoms with van der Waals surface area (Å²) in [5.74, 6) is 0.839. The van der Waals surface area contributed by atoms with Gasteiger partial charge in [-0.25, -0.2) is 9.50 Å². The second-order valence-corrected chi connectivity index (χ2v) is 3.03. The van der Waals surface area contributed by atoms with Crippen molar-refractivity contribution in [2.45, 2.75) is 6.54 Å². The van der Waals surface area contributed by atoms with Crippen LogP contribution >= 0.6 is 0 Å². The second-order valence-electron chi connectivity index (χ2n) is 3.03. The number of rotatable bonds is 3. The van der Waals surface area contributed by atoms with Gasteiger partial charge in [0.15, 0.2) is 5.65 Å². The molecule has 2 rings (SSSR count). The lowest BCUT2D eigenvalue weighted by Crippen LogP contribution is -2.04. The largest absolute Gasteiger partial charge is 0.372 e. The van der Waals surface area contributed by atoms with E-state index in [2.05, 4.69) is 20.7 Å². The Morgan fingerprint density at radius 2 is 2.21 bits per heavy atom. The molecule has 0 bridgehead atoms. The number of hydrogen-bond acceptors (Lipinski definition) is 4. The smallest absolute Gasteiger partial charge is 0.153 e. The number of anilines is 1. The average molecular weight is 191 g/mol. The molecule has 2 N–H and O–H groups in total. The first-order chi connectivity index (χ1) is 6.83. The number of nitrogens with zero attached hydrogens (tertiary/aromatic N) is 3. The Morgan fingerprint density at radius 3 is 2.93 bits per heavy atom. The summed E-state index contributed by atoms with van der Waals surface area (Å²) in [5.41, 5.74) is 1.86. The van der Waals surface area contributed by atoms with Crippen molar-refractivity contribution in [3.8, 4) is 0 Å². The van der Waals surface area contributed by atoms with Crippen molar-refractivity contribution >= 4 is 11.5 Å². The molecule has 5 heteroatoms. The highest BCUT2D eigenvalue weighted by Gasteiger charge is 2.01. The summed E-state index contributed by atoms with van der Waals surface area (Å²) < 4.78 is 1.78. The van der Waals surface area contributed by atoms with Crippen LogP contribution in [-0.4, -0.2) is 28.7 Å². The molecule has 0 aromatic carbocycles. The van der Waals surface area contributed by atoms with E-state index >= 15 is 0 Å². The molecule has 0 aliphatic rings. The second kappa shape index (κ2) is 3.63. The first-order valence-corrected chi connectivity index (χ1v) is 4.51. The maximum Gasteiger partial charge on any atom is 0.153 e. The molecule has 0 atom stereocenters. The van der Waals surface area contributed by atoms with Gasteiger partial charge in [-0.1, -0.05) is 0 Å². The Hall–Kier alpha value is -1.62. The summed E-state index contributed by atoms with van der Waals surface area (Å²) in [7, 11) is 3.75. The van der Waals surface area contributed by atoms with E-state index in [4.69, 9.17) is 0 Å². The van der Waals surface area contributed by atoms with E-state index < -0.39 is 0 Å². The van der Waals surface area contributed by atoms with Gasteiger partial charge >= 0.3 is 0 Å². The number of imidazole rings is 1. The molecule has 0 aliphatic carbocycles. The minimum absolute atomic E-state index is 0.762. The van der Waals surface area contributed by atoms with Gasteiger partial charge < -0.3 is 10.6 Å². The molecule has 0 unspecified atom stereocenters. The van der Waals surface area contributed by atoms with Crippen LogP contribution in [0.2, 0.25) is 0 Å². The van der Waals surface area contributed by atoms with Crippen LogP contribution in [0, 0.1) is 0 Å². The van der Waals surface area contributed by atoms with Crippen LogP contribution in [-0.2, 0) is 6.54 Å². The molecule has 5 nitrogen and oxygen atoms in total. The van der Waals surface area contributed by atoms with Crippen LogP contribution in [0.3, 0.4) is 0 Å². The van der Waals surface area contributed by atoms with Crippen molar-refractivity contribution in [2.24, 2.45) is 0 Å². The number of fused-ring (bicyclic) bond motifs is 1. The molecule has 0 saturated heterocycles. The fraction of sp³-hybridized carbons (Fsp3) is 0.333. The zero-order valence-corrected chi connectivity index (χ0v) is 8.28. The van der Waals surface area contributed by atoms with E-state index in [9.17, 15) is 0 Å². The molecule has 0 spiro atoms. The summed E-state index contributed by atoms with van der Waals surface area (Å²) in [5, 5.41) is 10.4. The highest BCUT2D eigenvalue weighted by molar-refractivity contribution is 5.44. The molecule has 0 amide bonds. The van der Waals surface area contributed by atoms with E-state index in [1.165, 1.54) is 0 Å². The van der Waals surface area contributed by atoms with Crippen molar-refractivity contribution in [3.05, 3.63) is 24.0 Å². The third kappa shape index (κ3) is 1.54. The van der Waals surface area contributed by atoms with Gasteiger partial charge in [0, 0.05) is 13.6 Å². The third-order valence-electron chi connectivity index (χ3n) is 1.98. The zero-order valence-electron chi connectivity index (χ0n) is 8.28. The maximum absolute atomic E-state index is 4.39. The normalized spacial score (nSPS) is 10.7. The van der Waals surface area contributed by atoms with Crippen LogP contribution in [0.1, 0.15) is 5.69 Å². The van der Waals surface area contributed by atoms with E-state index in [0.29, 0.717) is 0 Å². The highest BCUT2D eigenvalue weighted by Crippen LogP contribution is 2.06. The van der Waals surface area contributed by atoms with Gasteiger partial charge in [0.2, 0.25) is 0 Å². The van der Waals surface area contributed by atoms with Crippen LogP contribution in [0.25, 0.3) is 5.65 Å². The van der Waals surface area contributed by atoms with E-state index in [-0.39, 0.29) is 0 Å². The monoisotopic (exact) mass is 191 g/mol. The summed E-state index contributed by atoms with van der Waals surface area (Å²) >= 11 is 0. The predicted octanol–water partition coefficient (Wildman–Crippen LogP) is 0.490. The van der Waals surface area contributed by atoms with Gasteiger partial charge in [0.05, 0.1) is 11.9 Å². The Labute approximate surface area is 82.2 Å². The van der Waals surface area contributed by atoms with Crippen molar-refractivity contribution in [2.75, 3.05) is 19.4 Å². The Balaban J connectivity index is 2.43. The maximum atomic E-state index is 4.39. The standard InChI is InChI=1S/C9H13N5/c1-10-5-7-6-14-9(12-7)4-3-8(11-2)13-14/h3-4,6,10H,5H2,1-2H3,(H,11,13). The molecular formula is C9H13N5. The summed E-state index contributed by atoms with van der Waals surface area (Å²) in [4.78, 5) is 4.39. The lowest BCUT2D eigenvalue weighted by molar-refractivity contribution is 0.796. The van der Waals surface area contributed by atoms with Gasteiger partial charge in [-0.2, -0.15) is 0 Å². The summed E-state index contributed by atoms with van der Waals surface area (Å²) in [6.07, 6.45) is 1.92. The topological polar surface area (TPSA) is 54.2 Å². The van der Waals surface area contributed by atoms with Crippen LogP contribution < -0.4 is 10.6 Å². The quantitative estimate of drug-likeness (QED) is 0.741. The Bertz CT molecular complexity index is 434. The van der Waals surface area contributed by atoms with Crippen LogP contribution in [0.4, 0.5) is 5.82 Å². The average Bonchev–Trinajstić information content (AvgIpc) is 2.59. The fourth-order valence-electron chi connectivity index (χ4n) is 1.33. The minimum atomic E-state index is 0.762. The summed E-state index contributed by atoms with van der Waals surface area (Å²) in [6.45, 7) is 0.762. The molecule has 0 radical (unpaired) electrons. The summed E-state index contributed by atoms with van der Waals surface area (Å²) in [6, 6.07) is 3.85. The Morgan fingerprint density at radius 1 is 1.36 bits per heavy atom. The van der Waals surface area contributed by atoms with Gasteiger partial charge in [-0.05, 0) is 19.2 Å². The lowest BCUT2D eigenvalue weighted by Gasteiger charge is -1.97. The number of hydrogen-bond donors (Lipinski definition) is 2. The first kappa shape index (κ1) is 8.96. The van der Waals surface area contributed by atoms with Crippen LogP contribution in [0.15, 0.2) is 18.3 Å². The molecule has 14 heavy (non-hydrogen) atoms. The molecule has 2 aromatic heterocycles. The van der Waals surface area contributed by atoms with Crippen molar-refractivity contribution in [1.29, 1.82) is 0 Å². The first-order valence-electron chi connectivity index (χ1n) is 4.51. The molecule has 0 saturated carbocycles. The van der Waals surface area contributed by atoms with Crippen molar-refractivity contribution < 1.29 is 0 Å². The fourth-order valence-corrected chi connectivity index (χ4v) is 1.33. The van der Waals surface area contributed by atoms with E-state index in [1.54, 1.807) is 4.52 Å². The number of aromatic nitrogens is 3. The van der Waals surface area contributed by atoms with Gasteiger partial charge in [0.1, 0.15) is 5.82 Å². The zero-order chi connectivity index (χ0) is 9.97. The molecular weight excluding hydrogens is 178 g/mol. The van der Waals surface area contributed by atoms with Crippen LogP contribution in [0.5, 0.6) is 0 Å². The lowest BCUT2D eigenvalue weighted by atomic mass is 10.5. The van der Waals surface area contributed by atoms with Crippen molar-refractivity contribution in [3.63, 3.8) is 0 Å². The molecule has 74 valence electrons. The number of nitrogens with one attached hydrogen (secondary N) is 2. The van der Waals surface area contributed by atoms with Gasteiger partial charge in [-0.3, -0.25) is 0 Å². The highest BCUT2D eigenvalue weighted by atomic mass is 15.3. The molecule has 0 aliphatic heterocycles. The van der Waals surface area contributed by atoms with Gasteiger partial charge in [0.25, 0.3) is 0 Å². The van der Waals surface area contributed by atoms with E-state index in [1.807, 2.05) is 32.4 Å². The van der Waals surface area contributed by atoms with Crippen molar-refractivity contribution in [1.82, 2.24) is 19.9 Å². The molecule has 2 aromatic rings. The SMILES string of the molecule is CNCc1cn2nc(NC)ccc2n1. The van der Waals surface area contributed by atoms with Gasteiger partial charge in [-0.15, -0.1) is 5.10 Å². The third-order valence-corrected chi connectivity index (χ3v) is 1.98. The molecule has 2 heterocycles. The minimum Gasteiger partial charge on any atom is -0.372 e.